The number of oxime groups is 1. The Hall–Kier alpha value is -0.770. The quantitative estimate of drug-likeness (QED) is 0.332. The number of piperidine rings is 1. The second-order valence-corrected chi connectivity index (χ2v) is 5.27. The van der Waals surface area contributed by atoms with Crippen LogP contribution in [0.15, 0.2) is 5.16 Å². The van der Waals surface area contributed by atoms with Gasteiger partial charge in [0.15, 0.2) is 0 Å². The molecule has 2 aliphatic rings. The van der Waals surface area contributed by atoms with Gasteiger partial charge in [-0.25, -0.2) is 0 Å². The molecule has 4 nitrogen and oxygen atoms in total. The summed E-state index contributed by atoms with van der Waals surface area (Å²) >= 11 is 0. The molecule has 0 aromatic rings. The van der Waals surface area contributed by atoms with Crippen LogP contribution in [0.3, 0.4) is 0 Å². The number of nitrogens with two attached hydrogens (primary N) is 1. The van der Waals surface area contributed by atoms with Crippen LogP contribution in [0.2, 0.25) is 0 Å². The highest BCUT2D eigenvalue weighted by atomic mass is 16.4. The zero-order valence-corrected chi connectivity index (χ0v) is 9.94. The lowest BCUT2D eigenvalue weighted by molar-refractivity contribution is 0.174. The van der Waals surface area contributed by atoms with Crippen molar-refractivity contribution >= 4 is 5.84 Å². The lowest BCUT2D eigenvalue weighted by atomic mass is 9.95. The first-order valence-electron chi connectivity index (χ1n) is 6.49. The lowest BCUT2D eigenvalue weighted by Gasteiger charge is -2.33. The summed E-state index contributed by atoms with van der Waals surface area (Å²) in [6, 6.07) is 0. The number of hydrogen-bond acceptors (Lipinski definition) is 3. The van der Waals surface area contributed by atoms with Gasteiger partial charge in [0.1, 0.15) is 5.84 Å². The minimum Gasteiger partial charge on any atom is -0.409 e. The van der Waals surface area contributed by atoms with Crippen molar-refractivity contribution in [2.45, 2.75) is 38.5 Å². The molecule has 0 radical (unpaired) electrons. The highest BCUT2D eigenvalue weighted by Crippen LogP contribution is 2.27. The van der Waals surface area contributed by atoms with Crippen molar-refractivity contribution in [3.8, 4) is 0 Å². The molecule has 92 valence electrons. The van der Waals surface area contributed by atoms with Crippen LogP contribution in [0.1, 0.15) is 38.5 Å². The van der Waals surface area contributed by atoms with Gasteiger partial charge in [-0.3, -0.25) is 0 Å². The Morgan fingerprint density at radius 3 is 2.69 bits per heavy atom. The van der Waals surface area contributed by atoms with E-state index in [9.17, 15) is 0 Å². The monoisotopic (exact) mass is 225 g/mol. The summed E-state index contributed by atoms with van der Waals surface area (Å²) in [4.78, 5) is 2.50. The summed E-state index contributed by atoms with van der Waals surface area (Å²) in [5.74, 6) is 1.57. The zero-order valence-electron chi connectivity index (χ0n) is 9.94. The van der Waals surface area contributed by atoms with Gasteiger partial charge in [-0.1, -0.05) is 18.0 Å². The molecule has 1 aliphatic heterocycles. The second-order valence-electron chi connectivity index (χ2n) is 5.27. The Morgan fingerprint density at radius 2 is 2.00 bits per heavy atom. The Bertz CT molecular complexity index is 249. The summed E-state index contributed by atoms with van der Waals surface area (Å²) in [5.41, 5.74) is 5.69. The summed E-state index contributed by atoms with van der Waals surface area (Å²) < 4.78 is 0. The maximum absolute atomic E-state index is 8.70. The van der Waals surface area contributed by atoms with Crippen molar-refractivity contribution in [2.75, 3.05) is 19.6 Å². The fraction of sp³-hybridized carbons (Fsp3) is 0.917. The van der Waals surface area contributed by atoms with E-state index in [1.54, 1.807) is 0 Å². The van der Waals surface area contributed by atoms with Crippen LogP contribution >= 0.6 is 0 Å². The number of likely N-dealkylation sites (tertiary alicyclic amines) is 1. The van der Waals surface area contributed by atoms with E-state index in [0.29, 0.717) is 5.84 Å². The highest BCUT2D eigenvalue weighted by molar-refractivity contribution is 5.82. The maximum atomic E-state index is 8.70. The van der Waals surface area contributed by atoms with Crippen molar-refractivity contribution in [3.05, 3.63) is 0 Å². The van der Waals surface area contributed by atoms with Crippen molar-refractivity contribution < 1.29 is 5.21 Å². The molecule has 3 N–H and O–H groups in total. The standard InChI is InChI=1S/C12H23N3O/c13-12(14-16)11-6-3-7-15(9-11)8-10-4-1-2-5-10/h10-11,16H,1-9H2,(H2,13,14). The molecule has 1 unspecified atom stereocenters. The van der Waals surface area contributed by atoms with Gasteiger partial charge >= 0.3 is 0 Å². The number of rotatable bonds is 3. The van der Waals surface area contributed by atoms with E-state index in [1.165, 1.54) is 45.2 Å². The molecule has 4 heteroatoms. The Kier molecular flexibility index (Phi) is 4.04. The van der Waals surface area contributed by atoms with Gasteiger partial charge in [0.2, 0.25) is 0 Å². The van der Waals surface area contributed by atoms with E-state index in [4.69, 9.17) is 10.9 Å². The van der Waals surface area contributed by atoms with E-state index in [2.05, 4.69) is 10.1 Å². The number of hydrogen-bond donors (Lipinski definition) is 2. The van der Waals surface area contributed by atoms with Gasteiger partial charge < -0.3 is 15.8 Å². The molecule has 1 atom stereocenters. The van der Waals surface area contributed by atoms with Gasteiger partial charge in [-0.05, 0) is 38.1 Å². The van der Waals surface area contributed by atoms with E-state index < -0.39 is 0 Å². The summed E-state index contributed by atoms with van der Waals surface area (Å²) in [5, 5.41) is 11.8. The van der Waals surface area contributed by atoms with E-state index in [1.807, 2.05) is 0 Å². The minimum atomic E-state index is 0.264. The van der Waals surface area contributed by atoms with Crippen LogP contribution in [-0.4, -0.2) is 35.6 Å². The molecular weight excluding hydrogens is 202 g/mol. The van der Waals surface area contributed by atoms with Crippen LogP contribution in [0.25, 0.3) is 0 Å². The molecule has 0 spiro atoms. The molecule has 2 rings (SSSR count). The molecule has 1 saturated carbocycles. The van der Waals surface area contributed by atoms with Crippen LogP contribution in [0, 0.1) is 11.8 Å². The smallest absolute Gasteiger partial charge is 0.143 e. The van der Waals surface area contributed by atoms with Gasteiger partial charge in [0, 0.05) is 19.0 Å². The molecule has 2 fully saturated rings. The third-order valence-electron chi connectivity index (χ3n) is 4.03. The van der Waals surface area contributed by atoms with E-state index in [0.717, 1.165) is 18.9 Å². The van der Waals surface area contributed by atoms with Crippen molar-refractivity contribution in [1.29, 1.82) is 0 Å². The Morgan fingerprint density at radius 1 is 1.25 bits per heavy atom. The van der Waals surface area contributed by atoms with Gasteiger partial charge in [-0.15, -0.1) is 0 Å². The minimum absolute atomic E-state index is 0.264. The average molecular weight is 225 g/mol. The summed E-state index contributed by atoms with van der Waals surface area (Å²) in [6.45, 7) is 3.38. The molecule has 0 aromatic heterocycles. The maximum Gasteiger partial charge on any atom is 0.143 e. The molecular formula is C12H23N3O. The SMILES string of the molecule is NC(=NO)C1CCCN(CC2CCCC2)C1. The third-order valence-corrected chi connectivity index (χ3v) is 4.03. The topological polar surface area (TPSA) is 61.9 Å². The Labute approximate surface area is 97.5 Å². The molecule has 1 heterocycles. The molecule has 0 amide bonds. The van der Waals surface area contributed by atoms with E-state index >= 15 is 0 Å². The van der Waals surface area contributed by atoms with Crippen molar-refractivity contribution in [1.82, 2.24) is 4.90 Å². The largest absolute Gasteiger partial charge is 0.409 e. The predicted molar refractivity (Wildman–Crippen MR) is 64.5 cm³/mol. The summed E-state index contributed by atoms with van der Waals surface area (Å²) in [6.07, 6.45) is 7.84. The molecule has 1 saturated heterocycles. The molecule has 0 bridgehead atoms. The van der Waals surface area contributed by atoms with Gasteiger partial charge in [0.05, 0.1) is 0 Å². The highest BCUT2D eigenvalue weighted by Gasteiger charge is 2.25. The fourth-order valence-electron chi connectivity index (χ4n) is 3.10. The lowest BCUT2D eigenvalue weighted by Crippen LogP contribution is -2.42. The van der Waals surface area contributed by atoms with E-state index in [-0.39, 0.29) is 5.92 Å². The molecule has 0 aromatic carbocycles. The van der Waals surface area contributed by atoms with Crippen LogP contribution in [0.5, 0.6) is 0 Å². The normalized spacial score (nSPS) is 29.8. The first-order chi connectivity index (χ1) is 7.79. The third kappa shape index (κ3) is 2.88. The summed E-state index contributed by atoms with van der Waals surface area (Å²) in [7, 11) is 0. The van der Waals surface area contributed by atoms with Crippen molar-refractivity contribution in [2.24, 2.45) is 22.7 Å². The molecule has 1 aliphatic carbocycles. The average Bonchev–Trinajstić information content (AvgIpc) is 2.81. The van der Waals surface area contributed by atoms with Crippen LogP contribution in [-0.2, 0) is 0 Å². The predicted octanol–water partition coefficient (Wildman–Crippen LogP) is 1.63. The van der Waals surface area contributed by atoms with Gasteiger partial charge in [0.25, 0.3) is 0 Å². The van der Waals surface area contributed by atoms with Gasteiger partial charge in [-0.2, -0.15) is 0 Å². The number of amidine groups is 1. The number of nitrogens with zero attached hydrogens (tertiary/aromatic N) is 2. The Balaban J connectivity index is 1.81. The first kappa shape index (κ1) is 11.7. The van der Waals surface area contributed by atoms with Crippen LogP contribution < -0.4 is 5.73 Å². The fourth-order valence-corrected chi connectivity index (χ4v) is 3.10. The first-order valence-corrected chi connectivity index (χ1v) is 6.49. The molecule has 16 heavy (non-hydrogen) atoms. The zero-order chi connectivity index (χ0) is 11.4. The second kappa shape index (κ2) is 5.53. The van der Waals surface area contributed by atoms with Crippen molar-refractivity contribution in [3.63, 3.8) is 0 Å². The van der Waals surface area contributed by atoms with Crippen LogP contribution in [0.4, 0.5) is 0 Å².